The van der Waals surface area contributed by atoms with Crippen LogP contribution in [0.15, 0.2) is 42.0 Å². The highest BCUT2D eigenvalue weighted by molar-refractivity contribution is 6.04. The lowest BCUT2D eigenvalue weighted by atomic mass is 9.89. The third-order valence-electron chi connectivity index (χ3n) is 12.0. The smallest absolute Gasteiger partial charge is 0.198 e. The average Bonchev–Trinajstić information content (AvgIpc) is 3.76. The highest BCUT2D eigenvalue weighted by Crippen LogP contribution is 2.70. The molecule has 0 saturated heterocycles. The number of aromatic nitrogens is 2. The van der Waals surface area contributed by atoms with E-state index in [4.69, 9.17) is 4.98 Å². The van der Waals surface area contributed by atoms with Crippen molar-refractivity contribution in [2.24, 2.45) is 11.8 Å². The Kier molecular flexibility index (Phi) is 8.34. The van der Waals surface area contributed by atoms with Crippen LogP contribution in [0.1, 0.15) is 22.5 Å². The molecule has 65 heavy (non-hydrogen) atoms. The molecule has 2 unspecified atom stereocenters. The molecule has 1 aromatic heterocycles. The number of nitrogens with zero attached hydrogens (tertiary/aromatic N) is 6. The molecule has 6 nitrogen and oxygen atoms in total. The van der Waals surface area contributed by atoms with E-state index in [1.807, 2.05) is 12.1 Å². The third-order valence-corrected chi connectivity index (χ3v) is 12.0. The van der Waals surface area contributed by atoms with Crippen molar-refractivity contribution in [2.75, 3.05) is 0 Å². The first-order valence-electron chi connectivity index (χ1n) is 18.1. The Labute approximate surface area is 351 Å². The molecule has 316 valence electrons. The minimum Gasteiger partial charge on any atom is -0.247 e. The maximum absolute atomic E-state index is 16.1. The minimum absolute atomic E-state index is 0.0235. The summed E-state index contributed by atoms with van der Waals surface area (Å²) in [5.74, 6) is -35.5. The molecule has 0 amide bonds. The van der Waals surface area contributed by atoms with Gasteiger partial charge in [-0.05, 0) is 34.4 Å². The third kappa shape index (κ3) is 4.75. The van der Waals surface area contributed by atoms with Crippen LogP contribution in [0.2, 0.25) is 0 Å². The molecule has 3 aliphatic carbocycles. The van der Waals surface area contributed by atoms with E-state index in [-0.39, 0.29) is 50.6 Å². The lowest BCUT2D eigenvalue weighted by molar-refractivity contribution is 0.412. The summed E-state index contributed by atoms with van der Waals surface area (Å²) in [6.07, 6.45) is 0. The first kappa shape index (κ1) is 40.7. The summed E-state index contributed by atoms with van der Waals surface area (Å²) in [6, 6.07) is 12.9. The normalized spacial score (nSPS) is 17.4. The molecule has 6 aromatic carbocycles. The Balaban J connectivity index is 1.20. The van der Waals surface area contributed by atoms with Crippen molar-refractivity contribution < 1.29 is 61.5 Å². The molecule has 0 radical (unpaired) electrons. The number of nitriles is 4. The first-order chi connectivity index (χ1) is 30.9. The summed E-state index contributed by atoms with van der Waals surface area (Å²) in [5, 5.41) is 33.3. The zero-order chi connectivity index (χ0) is 46.6. The van der Waals surface area contributed by atoms with Crippen LogP contribution < -0.4 is 0 Å². The number of fused-ring (bicyclic) bond motifs is 10. The van der Waals surface area contributed by atoms with Crippen LogP contribution in [-0.4, -0.2) is 9.97 Å². The Morgan fingerprint density at radius 1 is 0.431 bits per heavy atom. The molecule has 2 atom stereocenters. The fraction of sp³-hybridized carbons (Fsp3) is 0.0667. The minimum atomic E-state index is -2.55. The molecule has 1 spiro atoms. The van der Waals surface area contributed by atoms with Gasteiger partial charge in [0.25, 0.3) is 0 Å². The van der Waals surface area contributed by atoms with E-state index in [9.17, 15) is 56.2 Å². The van der Waals surface area contributed by atoms with Crippen LogP contribution in [0.4, 0.5) is 61.5 Å². The summed E-state index contributed by atoms with van der Waals surface area (Å²) in [5.41, 5.74) is -8.40. The van der Waals surface area contributed by atoms with Crippen molar-refractivity contribution in [3.63, 3.8) is 0 Å². The number of benzene rings is 6. The fourth-order valence-corrected chi connectivity index (χ4v) is 9.13. The molecule has 1 fully saturated rings. The molecule has 0 aliphatic heterocycles. The number of hydrogen-bond acceptors (Lipinski definition) is 6. The summed E-state index contributed by atoms with van der Waals surface area (Å²) < 4.78 is 210. The quantitative estimate of drug-likeness (QED) is 0.0737. The molecule has 7 aromatic rings. The maximum atomic E-state index is 16.1. The van der Waals surface area contributed by atoms with E-state index in [1.54, 1.807) is 12.1 Å². The Bertz CT molecular complexity index is 3710. The van der Waals surface area contributed by atoms with Gasteiger partial charge in [-0.3, -0.25) is 0 Å². The monoisotopic (exact) mass is 898 g/mol. The molecular formula is C45H8F14N6. The number of hydrogen-bond donors (Lipinski definition) is 0. The molecule has 1 heterocycles. The van der Waals surface area contributed by atoms with Crippen LogP contribution >= 0.6 is 0 Å². The van der Waals surface area contributed by atoms with Gasteiger partial charge < -0.3 is 0 Å². The van der Waals surface area contributed by atoms with Gasteiger partial charge in [-0.15, -0.1) is 0 Å². The summed E-state index contributed by atoms with van der Waals surface area (Å²) in [7, 11) is 0. The highest BCUT2D eigenvalue weighted by Gasteiger charge is 2.73. The molecule has 1 saturated carbocycles. The van der Waals surface area contributed by atoms with Crippen molar-refractivity contribution in [1.29, 1.82) is 21.0 Å². The maximum Gasteiger partial charge on any atom is 0.198 e. The van der Waals surface area contributed by atoms with E-state index in [0.29, 0.717) is 0 Å². The lowest BCUT2D eigenvalue weighted by Crippen LogP contribution is -2.13. The zero-order valence-electron chi connectivity index (χ0n) is 31.1. The van der Waals surface area contributed by atoms with Crippen molar-refractivity contribution in [2.45, 2.75) is 5.41 Å². The van der Waals surface area contributed by atoms with E-state index >= 15 is 26.3 Å². The van der Waals surface area contributed by atoms with E-state index in [2.05, 4.69) is 4.98 Å². The zero-order valence-corrected chi connectivity index (χ0v) is 31.1. The van der Waals surface area contributed by atoms with Gasteiger partial charge in [-0.1, -0.05) is 24.3 Å². The molecule has 3 aliphatic rings. The van der Waals surface area contributed by atoms with E-state index in [1.165, 1.54) is 0 Å². The van der Waals surface area contributed by atoms with Crippen molar-refractivity contribution in [3.8, 4) is 69.0 Å². The van der Waals surface area contributed by atoms with Crippen molar-refractivity contribution >= 4 is 27.1 Å². The highest BCUT2D eigenvalue weighted by atomic mass is 19.2. The molecule has 20 heteroatoms. The SMILES string of the molecule is N#CC(C#N)=C1c2cc(-c3c(F)c(F)c4c(F)c(F)c(F)c(F)c4c3F)ccc2-c2nc3c(nc21)-c1ccc(-c2c(F)c(F)c4c(F)c(F)c(F)c(F)c4c2F)cc1C31C(C#N)C1C#N. The van der Waals surface area contributed by atoms with Gasteiger partial charge in [0, 0.05) is 16.7 Å². The predicted octanol–water partition coefficient (Wildman–Crippen LogP) is 11.5. The molecule has 0 bridgehead atoms. The van der Waals surface area contributed by atoms with Gasteiger partial charge in [-0.25, -0.2) is 71.4 Å². The van der Waals surface area contributed by atoms with Gasteiger partial charge in [0.05, 0.1) is 84.8 Å². The Morgan fingerprint density at radius 2 is 0.846 bits per heavy atom. The average molecular weight is 899 g/mol. The van der Waals surface area contributed by atoms with Crippen LogP contribution in [0.3, 0.4) is 0 Å². The van der Waals surface area contributed by atoms with E-state index in [0.717, 1.165) is 36.4 Å². The van der Waals surface area contributed by atoms with Crippen molar-refractivity contribution in [3.05, 3.63) is 146 Å². The molecule has 0 N–H and O–H groups in total. The fourth-order valence-electron chi connectivity index (χ4n) is 9.13. The Morgan fingerprint density at radius 3 is 1.29 bits per heavy atom. The lowest BCUT2D eigenvalue weighted by Gasteiger charge is -2.15. The number of rotatable bonds is 2. The second kappa shape index (κ2) is 13.3. The Hall–Kier alpha value is -8.36. The topological polar surface area (TPSA) is 121 Å². The van der Waals surface area contributed by atoms with Crippen LogP contribution in [0.5, 0.6) is 0 Å². The number of halogens is 14. The summed E-state index contributed by atoms with van der Waals surface area (Å²) in [4.78, 5) is 9.33. The second-order valence-electron chi connectivity index (χ2n) is 14.8. The molecule has 10 rings (SSSR count). The van der Waals surface area contributed by atoms with Gasteiger partial charge in [-0.2, -0.15) is 21.0 Å². The second-order valence-corrected chi connectivity index (χ2v) is 14.8. The summed E-state index contributed by atoms with van der Waals surface area (Å²) in [6.45, 7) is 0. The van der Waals surface area contributed by atoms with Gasteiger partial charge in [0.15, 0.2) is 69.8 Å². The largest absolute Gasteiger partial charge is 0.247 e. The van der Waals surface area contributed by atoms with Crippen molar-refractivity contribution in [1.82, 2.24) is 9.97 Å². The first-order valence-corrected chi connectivity index (χ1v) is 18.1. The van der Waals surface area contributed by atoms with Gasteiger partial charge in [0.1, 0.15) is 29.3 Å². The standard InChI is InChI=1S/C45H8F14N6/c46-27-21(29(48)31(50)25-23(27)33(52)37(56)39(58)35(25)54)11-1-3-14-16(5-11)20(13(7-60)8-61)43-41(14)65-44-42(64-43)15-4-2-12(6-17(15)45(44)18(9-62)19(45)10-63)22-28(47)24-26(32(51)30(22)49)36(55)40(59)38(57)34(24)53/h1-6,18-19H. The van der Waals surface area contributed by atoms with Gasteiger partial charge in [0.2, 0.25) is 0 Å². The molecular weight excluding hydrogens is 891 g/mol. The van der Waals surface area contributed by atoms with Crippen LogP contribution in [0, 0.1) is 139 Å². The predicted molar refractivity (Wildman–Crippen MR) is 194 cm³/mol. The number of allylic oxidation sites excluding steroid dienone is 1. The van der Waals surface area contributed by atoms with Crippen LogP contribution in [0.25, 0.3) is 71.9 Å². The summed E-state index contributed by atoms with van der Waals surface area (Å²) >= 11 is 0. The van der Waals surface area contributed by atoms with Gasteiger partial charge >= 0.3 is 0 Å². The van der Waals surface area contributed by atoms with E-state index < -0.39 is 148 Å². The van der Waals surface area contributed by atoms with Crippen LogP contribution in [-0.2, 0) is 5.41 Å².